The first-order valence-corrected chi connectivity index (χ1v) is 9.54. The number of nitrogens with one attached hydrogen (secondary N) is 1. The van der Waals surface area contributed by atoms with Crippen LogP contribution in [0.1, 0.15) is 33.2 Å². The number of rotatable bonds is 4. The second kappa shape index (κ2) is 7.80. The lowest BCUT2D eigenvalue weighted by Crippen LogP contribution is -2.35. The first kappa shape index (κ1) is 18.7. The molecular weight excluding hydrogens is 364 g/mol. The van der Waals surface area contributed by atoms with E-state index in [9.17, 15) is 9.59 Å². The molecule has 1 aliphatic rings. The number of methoxy groups -OCH3 is 1. The van der Waals surface area contributed by atoms with Crippen LogP contribution in [-0.2, 0) is 6.42 Å². The molecule has 5 nitrogen and oxygen atoms in total. The smallest absolute Gasteiger partial charge is 0.258 e. The van der Waals surface area contributed by atoms with Crippen LogP contribution >= 0.6 is 0 Å². The third-order valence-electron chi connectivity index (χ3n) is 5.15. The number of nitrogens with zero attached hydrogens (tertiary/aromatic N) is 1. The van der Waals surface area contributed by atoms with Crippen LogP contribution in [0, 0.1) is 0 Å². The molecule has 1 aliphatic heterocycles. The minimum atomic E-state index is -0.293. The Morgan fingerprint density at radius 1 is 0.966 bits per heavy atom. The summed E-state index contributed by atoms with van der Waals surface area (Å²) in [5.74, 6) is 0.184. The van der Waals surface area contributed by atoms with E-state index in [0.717, 1.165) is 12.1 Å². The Bertz CT molecular complexity index is 1080. The number of para-hydroxylation sites is 3. The van der Waals surface area contributed by atoms with Crippen molar-refractivity contribution < 1.29 is 14.3 Å². The zero-order valence-electron chi connectivity index (χ0n) is 16.4. The van der Waals surface area contributed by atoms with E-state index in [0.29, 0.717) is 22.6 Å². The molecule has 1 unspecified atom stereocenters. The Hall–Kier alpha value is -3.60. The zero-order valence-corrected chi connectivity index (χ0v) is 16.4. The number of amides is 2. The van der Waals surface area contributed by atoms with Crippen LogP contribution in [0.5, 0.6) is 5.75 Å². The minimum Gasteiger partial charge on any atom is -0.495 e. The molecule has 29 heavy (non-hydrogen) atoms. The molecule has 0 spiro atoms. The Labute approximate surface area is 169 Å². The number of anilines is 2. The van der Waals surface area contributed by atoms with Gasteiger partial charge in [-0.3, -0.25) is 9.59 Å². The summed E-state index contributed by atoms with van der Waals surface area (Å²) in [5, 5.41) is 2.85. The molecule has 0 aromatic heterocycles. The Morgan fingerprint density at radius 2 is 1.69 bits per heavy atom. The van der Waals surface area contributed by atoms with Crippen LogP contribution in [0.15, 0.2) is 72.8 Å². The van der Waals surface area contributed by atoms with E-state index >= 15 is 0 Å². The van der Waals surface area contributed by atoms with Gasteiger partial charge >= 0.3 is 0 Å². The number of fused-ring (bicyclic) bond motifs is 1. The maximum absolute atomic E-state index is 13.2. The fourth-order valence-corrected chi connectivity index (χ4v) is 3.75. The van der Waals surface area contributed by atoms with Gasteiger partial charge in [0, 0.05) is 22.9 Å². The number of ether oxygens (including phenoxy) is 1. The summed E-state index contributed by atoms with van der Waals surface area (Å²) < 4.78 is 5.28. The standard InChI is InChI=1S/C24H22N2O3/c1-16-14-17-8-3-5-12-21(17)26(16)24(28)19-10-7-9-18(15-19)23(27)25-20-11-4-6-13-22(20)29-2/h3-13,15-16H,14H2,1-2H3,(H,25,27). The number of benzene rings is 3. The van der Waals surface area contributed by atoms with Gasteiger partial charge < -0.3 is 15.0 Å². The van der Waals surface area contributed by atoms with Crippen LogP contribution in [0.2, 0.25) is 0 Å². The van der Waals surface area contributed by atoms with Crippen molar-refractivity contribution >= 4 is 23.2 Å². The van der Waals surface area contributed by atoms with Gasteiger partial charge in [0.05, 0.1) is 12.8 Å². The summed E-state index contributed by atoms with van der Waals surface area (Å²) >= 11 is 0. The predicted octanol–water partition coefficient (Wildman–Crippen LogP) is 4.54. The predicted molar refractivity (Wildman–Crippen MR) is 114 cm³/mol. The van der Waals surface area contributed by atoms with Gasteiger partial charge in [-0.1, -0.05) is 36.4 Å². The molecule has 1 atom stereocenters. The summed E-state index contributed by atoms with van der Waals surface area (Å²) in [4.78, 5) is 27.8. The van der Waals surface area contributed by atoms with Crippen molar-refractivity contribution in [3.05, 3.63) is 89.5 Å². The van der Waals surface area contributed by atoms with E-state index in [4.69, 9.17) is 4.74 Å². The monoisotopic (exact) mass is 386 g/mol. The van der Waals surface area contributed by atoms with Gasteiger partial charge in [-0.05, 0) is 55.3 Å². The van der Waals surface area contributed by atoms with E-state index in [1.54, 1.807) is 43.5 Å². The van der Waals surface area contributed by atoms with Crippen molar-refractivity contribution in [2.24, 2.45) is 0 Å². The number of hydrogen-bond donors (Lipinski definition) is 1. The van der Waals surface area contributed by atoms with Crippen molar-refractivity contribution in [1.29, 1.82) is 0 Å². The van der Waals surface area contributed by atoms with Gasteiger partial charge in [-0.15, -0.1) is 0 Å². The molecule has 0 radical (unpaired) electrons. The Kier molecular flexibility index (Phi) is 5.04. The summed E-state index contributed by atoms with van der Waals surface area (Å²) in [6.07, 6.45) is 0.829. The molecule has 5 heteroatoms. The summed E-state index contributed by atoms with van der Waals surface area (Å²) in [5.41, 5.74) is 3.59. The normalized spacial score (nSPS) is 15.0. The summed E-state index contributed by atoms with van der Waals surface area (Å²) in [6.45, 7) is 2.04. The lowest BCUT2D eigenvalue weighted by molar-refractivity contribution is 0.0981. The largest absolute Gasteiger partial charge is 0.495 e. The number of hydrogen-bond acceptors (Lipinski definition) is 3. The number of carbonyl (C=O) groups is 2. The fourth-order valence-electron chi connectivity index (χ4n) is 3.75. The highest BCUT2D eigenvalue weighted by molar-refractivity contribution is 6.10. The average Bonchev–Trinajstić information content (AvgIpc) is 3.09. The van der Waals surface area contributed by atoms with Crippen molar-refractivity contribution in [3.63, 3.8) is 0 Å². The molecule has 0 aliphatic carbocycles. The molecule has 146 valence electrons. The van der Waals surface area contributed by atoms with E-state index in [2.05, 4.69) is 11.4 Å². The third-order valence-corrected chi connectivity index (χ3v) is 5.15. The van der Waals surface area contributed by atoms with Crippen LogP contribution < -0.4 is 15.0 Å². The SMILES string of the molecule is COc1ccccc1NC(=O)c1cccc(C(=O)N2c3ccccc3CC2C)c1. The van der Waals surface area contributed by atoms with Crippen molar-refractivity contribution in [3.8, 4) is 5.75 Å². The van der Waals surface area contributed by atoms with Gasteiger partial charge in [0.1, 0.15) is 5.75 Å². The highest BCUT2D eigenvalue weighted by atomic mass is 16.5. The maximum Gasteiger partial charge on any atom is 0.258 e. The third kappa shape index (κ3) is 3.59. The van der Waals surface area contributed by atoms with Crippen molar-refractivity contribution in [2.45, 2.75) is 19.4 Å². The van der Waals surface area contributed by atoms with Crippen LogP contribution in [-0.4, -0.2) is 25.0 Å². The van der Waals surface area contributed by atoms with Gasteiger partial charge in [-0.2, -0.15) is 0 Å². The van der Waals surface area contributed by atoms with Gasteiger partial charge in [0.2, 0.25) is 0 Å². The van der Waals surface area contributed by atoms with Crippen LogP contribution in [0.4, 0.5) is 11.4 Å². The molecule has 0 fully saturated rings. The lowest BCUT2D eigenvalue weighted by Gasteiger charge is -2.23. The van der Waals surface area contributed by atoms with Crippen LogP contribution in [0.25, 0.3) is 0 Å². The molecular formula is C24H22N2O3. The quantitative estimate of drug-likeness (QED) is 0.716. The molecule has 0 saturated heterocycles. The average molecular weight is 386 g/mol. The molecule has 1 heterocycles. The first-order chi connectivity index (χ1) is 14.1. The molecule has 3 aromatic rings. The van der Waals surface area contributed by atoms with Gasteiger partial charge in [0.15, 0.2) is 0 Å². The molecule has 0 bridgehead atoms. The minimum absolute atomic E-state index is 0.0750. The van der Waals surface area contributed by atoms with Crippen molar-refractivity contribution in [2.75, 3.05) is 17.3 Å². The van der Waals surface area contributed by atoms with E-state index in [1.165, 1.54) is 5.56 Å². The molecule has 4 rings (SSSR count). The van der Waals surface area contributed by atoms with E-state index in [-0.39, 0.29) is 17.9 Å². The van der Waals surface area contributed by atoms with Crippen LogP contribution in [0.3, 0.4) is 0 Å². The highest BCUT2D eigenvalue weighted by Gasteiger charge is 2.31. The number of carbonyl (C=O) groups excluding carboxylic acids is 2. The fraction of sp³-hybridized carbons (Fsp3) is 0.167. The molecule has 2 amide bonds. The second-order valence-electron chi connectivity index (χ2n) is 7.09. The maximum atomic E-state index is 13.2. The van der Waals surface area contributed by atoms with Gasteiger partial charge in [0.25, 0.3) is 11.8 Å². The van der Waals surface area contributed by atoms with E-state index < -0.39 is 0 Å². The Balaban J connectivity index is 1.59. The second-order valence-corrected chi connectivity index (χ2v) is 7.09. The Morgan fingerprint density at radius 3 is 2.52 bits per heavy atom. The van der Waals surface area contributed by atoms with Crippen molar-refractivity contribution in [1.82, 2.24) is 0 Å². The summed E-state index contributed by atoms with van der Waals surface area (Å²) in [6, 6.07) is 22.0. The highest BCUT2D eigenvalue weighted by Crippen LogP contribution is 2.33. The molecule has 3 aromatic carbocycles. The molecule has 0 saturated carbocycles. The lowest BCUT2D eigenvalue weighted by atomic mass is 10.1. The topological polar surface area (TPSA) is 58.6 Å². The zero-order chi connectivity index (χ0) is 20.4. The first-order valence-electron chi connectivity index (χ1n) is 9.54. The molecule has 1 N–H and O–H groups in total. The summed E-state index contributed by atoms with van der Waals surface area (Å²) in [7, 11) is 1.55. The van der Waals surface area contributed by atoms with E-state index in [1.807, 2.05) is 42.2 Å². The van der Waals surface area contributed by atoms with Gasteiger partial charge in [-0.25, -0.2) is 0 Å².